The second-order valence-corrected chi connectivity index (χ2v) is 4.21. The minimum absolute atomic E-state index is 0.0140. The Morgan fingerprint density at radius 3 is 2.63 bits per heavy atom. The average Bonchev–Trinajstić information content (AvgIpc) is 2.70. The molecule has 0 fully saturated rings. The lowest BCUT2D eigenvalue weighted by Gasteiger charge is -2.04. The lowest BCUT2D eigenvalue weighted by Crippen LogP contribution is -2.15. The maximum absolute atomic E-state index is 12.0. The van der Waals surface area contributed by atoms with Gasteiger partial charge >= 0.3 is 5.97 Å². The molecule has 6 nitrogen and oxygen atoms in total. The normalized spacial score (nSPS) is 10.2. The molecule has 0 bridgehead atoms. The molecule has 7 heteroatoms. The van der Waals surface area contributed by atoms with Crippen molar-refractivity contribution in [2.45, 2.75) is 0 Å². The smallest absolute Gasteiger partial charge is 0.341 e. The number of aromatic carboxylic acids is 1. The number of carboxylic acid groups (broad SMARTS) is 1. The minimum atomic E-state index is -1.16. The van der Waals surface area contributed by atoms with E-state index in [1.807, 2.05) is 0 Å². The second kappa shape index (κ2) is 5.11. The third-order valence-electron chi connectivity index (χ3n) is 2.41. The summed E-state index contributed by atoms with van der Waals surface area (Å²) < 4.78 is 1.31. The van der Waals surface area contributed by atoms with E-state index in [2.05, 4.69) is 10.4 Å². The number of hydrogen-bond donors (Lipinski definition) is 2. The van der Waals surface area contributed by atoms with Crippen molar-refractivity contribution in [1.82, 2.24) is 9.78 Å². The van der Waals surface area contributed by atoms with Crippen molar-refractivity contribution >= 4 is 29.3 Å². The third-order valence-corrected chi connectivity index (χ3v) is 2.74. The molecule has 0 unspecified atom stereocenters. The Hall–Kier alpha value is -2.34. The van der Waals surface area contributed by atoms with E-state index in [9.17, 15) is 9.59 Å². The Labute approximate surface area is 113 Å². The third kappa shape index (κ3) is 2.74. The molecule has 1 amide bonds. The van der Waals surface area contributed by atoms with Crippen molar-refractivity contribution < 1.29 is 14.7 Å². The molecular weight excluding hydrogens is 270 g/mol. The van der Waals surface area contributed by atoms with Crippen molar-refractivity contribution in [2.24, 2.45) is 7.05 Å². The lowest BCUT2D eigenvalue weighted by atomic mass is 10.2. The fourth-order valence-electron chi connectivity index (χ4n) is 1.56. The summed E-state index contributed by atoms with van der Waals surface area (Å²) >= 11 is 5.89. The van der Waals surface area contributed by atoms with E-state index in [1.165, 1.54) is 10.9 Å². The number of aromatic nitrogens is 2. The predicted octanol–water partition coefficient (Wildman–Crippen LogP) is 2.02. The van der Waals surface area contributed by atoms with Crippen LogP contribution in [0, 0.1) is 0 Å². The predicted molar refractivity (Wildman–Crippen MR) is 69.6 cm³/mol. The highest BCUT2D eigenvalue weighted by molar-refractivity contribution is 6.34. The molecule has 0 aliphatic rings. The van der Waals surface area contributed by atoms with Gasteiger partial charge < -0.3 is 10.4 Å². The summed E-state index contributed by atoms with van der Waals surface area (Å²) in [6.07, 6.45) is 1.31. The Kier molecular flexibility index (Phi) is 3.52. The number of carbonyl (C=O) groups is 2. The molecule has 98 valence electrons. The molecule has 2 rings (SSSR count). The van der Waals surface area contributed by atoms with Gasteiger partial charge in [0.05, 0.1) is 10.6 Å². The first-order valence-corrected chi connectivity index (χ1v) is 5.69. The number of hydrogen-bond acceptors (Lipinski definition) is 3. The molecule has 0 aliphatic heterocycles. The highest BCUT2D eigenvalue weighted by Crippen LogP contribution is 2.18. The summed E-state index contributed by atoms with van der Waals surface area (Å²) in [5.41, 5.74) is 0.175. The van der Waals surface area contributed by atoms with Crippen LogP contribution in [0.2, 0.25) is 5.02 Å². The van der Waals surface area contributed by atoms with E-state index in [4.69, 9.17) is 16.7 Å². The van der Waals surface area contributed by atoms with Crippen LogP contribution in [-0.2, 0) is 7.05 Å². The number of nitrogens with zero attached hydrogens (tertiary/aromatic N) is 2. The van der Waals surface area contributed by atoms with Crippen molar-refractivity contribution in [3.63, 3.8) is 0 Å². The van der Waals surface area contributed by atoms with Crippen LogP contribution >= 0.6 is 11.6 Å². The molecule has 19 heavy (non-hydrogen) atoms. The Morgan fingerprint density at radius 2 is 2.00 bits per heavy atom. The maximum Gasteiger partial charge on any atom is 0.341 e. The molecule has 2 N–H and O–H groups in total. The van der Waals surface area contributed by atoms with Crippen LogP contribution in [0.25, 0.3) is 0 Å². The van der Waals surface area contributed by atoms with Gasteiger partial charge in [-0.2, -0.15) is 5.10 Å². The van der Waals surface area contributed by atoms with E-state index < -0.39 is 11.9 Å². The topological polar surface area (TPSA) is 84.2 Å². The Morgan fingerprint density at radius 1 is 1.32 bits per heavy atom. The number of anilines is 1. The molecule has 0 spiro atoms. The fraction of sp³-hybridized carbons (Fsp3) is 0.0833. The number of aryl methyl sites for hydroxylation is 1. The van der Waals surface area contributed by atoms with E-state index >= 15 is 0 Å². The summed E-state index contributed by atoms with van der Waals surface area (Å²) in [6.45, 7) is 0. The first-order chi connectivity index (χ1) is 8.99. The highest BCUT2D eigenvalue weighted by Gasteiger charge is 2.18. The molecule has 2 aromatic rings. The van der Waals surface area contributed by atoms with Gasteiger partial charge in [-0.25, -0.2) is 4.79 Å². The number of halogens is 1. The van der Waals surface area contributed by atoms with E-state index in [0.717, 1.165) is 0 Å². The zero-order chi connectivity index (χ0) is 14.0. The van der Waals surface area contributed by atoms with Gasteiger partial charge in [-0.15, -0.1) is 0 Å². The first kappa shape index (κ1) is 13.1. The van der Waals surface area contributed by atoms with E-state index in [0.29, 0.717) is 0 Å². The van der Waals surface area contributed by atoms with Gasteiger partial charge in [0.15, 0.2) is 5.82 Å². The first-order valence-electron chi connectivity index (χ1n) is 5.32. The van der Waals surface area contributed by atoms with E-state index in [-0.39, 0.29) is 22.0 Å². The Bertz CT molecular complexity index is 651. The van der Waals surface area contributed by atoms with Crippen molar-refractivity contribution in [2.75, 3.05) is 5.32 Å². The monoisotopic (exact) mass is 279 g/mol. The summed E-state index contributed by atoms with van der Waals surface area (Å²) in [7, 11) is 1.57. The second-order valence-electron chi connectivity index (χ2n) is 3.80. The van der Waals surface area contributed by atoms with Crippen molar-refractivity contribution in [1.29, 1.82) is 0 Å². The van der Waals surface area contributed by atoms with Gasteiger partial charge in [-0.1, -0.05) is 23.7 Å². The van der Waals surface area contributed by atoms with Crippen LogP contribution in [-0.4, -0.2) is 26.8 Å². The molecule has 0 saturated heterocycles. The van der Waals surface area contributed by atoms with Crippen LogP contribution in [0.5, 0.6) is 0 Å². The van der Waals surface area contributed by atoms with Gasteiger partial charge in [0.25, 0.3) is 5.91 Å². The molecule has 0 atom stereocenters. The standard InChI is InChI=1S/C12H10ClN3O3/c1-16-6-8(12(18)19)10(15-16)14-11(17)7-4-2-3-5-9(7)13/h2-6H,1H3,(H,18,19)(H,14,15,17). The average molecular weight is 280 g/mol. The quantitative estimate of drug-likeness (QED) is 0.900. The number of rotatable bonds is 3. The van der Waals surface area contributed by atoms with Crippen molar-refractivity contribution in [3.8, 4) is 0 Å². The molecule has 1 aromatic heterocycles. The van der Waals surface area contributed by atoms with Gasteiger partial charge in [-0.05, 0) is 12.1 Å². The van der Waals surface area contributed by atoms with Crippen LogP contribution in [0.15, 0.2) is 30.5 Å². The van der Waals surface area contributed by atoms with Crippen molar-refractivity contribution in [3.05, 3.63) is 46.6 Å². The summed E-state index contributed by atoms with van der Waals surface area (Å²) in [4.78, 5) is 23.0. The number of benzene rings is 1. The zero-order valence-corrected chi connectivity index (χ0v) is 10.7. The summed E-state index contributed by atoms with van der Waals surface area (Å²) in [5, 5.41) is 15.6. The van der Waals surface area contributed by atoms with Crippen LogP contribution in [0.1, 0.15) is 20.7 Å². The Balaban J connectivity index is 2.29. The molecule has 1 heterocycles. The summed E-state index contributed by atoms with van der Waals surface area (Å²) in [6, 6.07) is 6.48. The maximum atomic E-state index is 12.0. The van der Waals surface area contributed by atoms with Crippen LogP contribution in [0.4, 0.5) is 5.82 Å². The SMILES string of the molecule is Cn1cc(C(=O)O)c(NC(=O)c2ccccc2Cl)n1. The lowest BCUT2D eigenvalue weighted by molar-refractivity contribution is 0.0698. The fourth-order valence-corrected chi connectivity index (χ4v) is 1.78. The van der Waals surface area contributed by atoms with E-state index in [1.54, 1.807) is 31.3 Å². The van der Waals surface area contributed by atoms with Crippen LogP contribution < -0.4 is 5.32 Å². The number of carboxylic acids is 1. The summed E-state index contributed by atoms with van der Waals surface area (Å²) in [5.74, 6) is -1.69. The molecule has 0 radical (unpaired) electrons. The van der Waals surface area contributed by atoms with Gasteiger partial charge in [0.1, 0.15) is 5.56 Å². The molecule has 0 aliphatic carbocycles. The van der Waals surface area contributed by atoms with Gasteiger partial charge in [0.2, 0.25) is 0 Å². The van der Waals surface area contributed by atoms with Gasteiger partial charge in [0, 0.05) is 13.2 Å². The highest BCUT2D eigenvalue weighted by atomic mass is 35.5. The zero-order valence-electron chi connectivity index (χ0n) is 9.92. The number of nitrogens with one attached hydrogen (secondary N) is 1. The largest absolute Gasteiger partial charge is 0.477 e. The molecular formula is C12H10ClN3O3. The minimum Gasteiger partial charge on any atom is -0.477 e. The van der Waals surface area contributed by atoms with Gasteiger partial charge in [-0.3, -0.25) is 9.48 Å². The molecule has 0 saturated carbocycles. The number of carbonyl (C=O) groups excluding carboxylic acids is 1. The van der Waals surface area contributed by atoms with Crippen LogP contribution in [0.3, 0.4) is 0 Å². The number of amides is 1. The molecule has 1 aromatic carbocycles.